The van der Waals surface area contributed by atoms with Crippen LogP contribution < -0.4 is 11.1 Å². The van der Waals surface area contributed by atoms with Gasteiger partial charge in [-0.2, -0.15) is 0 Å². The molecule has 15 heavy (non-hydrogen) atoms. The highest BCUT2D eigenvalue weighted by atomic mass is 32.2. The van der Waals surface area contributed by atoms with Crippen LogP contribution in [0.2, 0.25) is 0 Å². The fourth-order valence-electron chi connectivity index (χ4n) is 1.03. The van der Waals surface area contributed by atoms with E-state index >= 15 is 0 Å². The second kappa shape index (κ2) is 5.72. The van der Waals surface area contributed by atoms with Crippen molar-refractivity contribution in [3.63, 3.8) is 0 Å². The van der Waals surface area contributed by atoms with E-state index in [2.05, 4.69) is 15.5 Å². The SMILES string of the molecule is CNC(CCSc1nnc(C)o1)C(N)=O. The molecule has 1 atom stereocenters. The Morgan fingerprint density at radius 1 is 1.67 bits per heavy atom. The Hall–Kier alpha value is -1.08. The Morgan fingerprint density at radius 3 is 2.87 bits per heavy atom. The van der Waals surface area contributed by atoms with E-state index in [0.717, 1.165) is 0 Å². The number of likely N-dealkylation sites (N-methyl/N-ethyl adjacent to an activating group) is 1. The maximum Gasteiger partial charge on any atom is 0.276 e. The van der Waals surface area contributed by atoms with Crippen molar-refractivity contribution in [2.24, 2.45) is 5.73 Å². The lowest BCUT2D eigenvalue weighted by atomic mass is 10.2. The van der Waals surface area contributed by atoms with E-state index in [1.807, 2.05) is 0 Å². The van der Waals surface area contributed by atoms with Crippen LogP contribution in [0, 0.1) is 6.92 Å². The summed E-state index contributed by atoms with van der Waals surface area (Å²) >= 11 is 1.41. The highest BCUT2D eigenvalue weighted by molar-refractivity contribution is 7.99. The second-order valence-electron chi connectivity index (χ2n) is 2.97. The molecule has 7 heteroatoms. The third-order valence-electron chi connectivity index (χ3n) is 1.83. The Bertz CT molecular complexity index is 328. The van der Waals surface area contributed by atoms with E-state index < -0.39 is 0 Å². The highest BCUT2D eigenvalue weighted by Gasteiger charge is 2.12. The number of rotatable bonds is 6. The summed E-state index contributed by atoms with van der Waals surface area (Å²) in [5, 5.41) is 10.9. The number of primary amides is 1. The third-order valence-corrected chi connectivity index (χ3v) is 2.68. The molecule has 0 aromatic carbocycles. The first kappa shape index (κ1) is 12.0. The zero-order valence-corrected chi connectivity index (χ0v) is 9.50. The Kier molecular flexibility index (Phi) is 4.57. The van der Waals surface area contributed by atoms with Gasteiger partial charge in [-0.3, -0.25) is 4.79 Å². The van der Waals surface area contributed by atoms with E-state index in [1.165, 1.54) is 11.8 Å². The molecule has 0 bridgehead atoms. The number of amides is 1. The molecule has 6 nitrogen and oxygen atoms in total. The van der Waals surface area contributed by atoms with Gasteiger partial charge in [0.2, 0.25) is 11.8 Å². The summed E-state index contributed by atoms with van der Waals surface area (Å²) in [6.07, 6.45) is 0.637. The summed E-state index contributed by atoms with van der Waals surface area (Å²) in [4.78, 5) is 10.9. The molecule has 1 aromatic heterocycles. The van der Waals surface area contributed by atoms with Gasteiger partial charge >= 0.3 is 0 Å². The molecule has 0 radical (unpaired) electrons. The number of aromatic nitrogens is 2. The van der Waals surface area contributed by atoms with Crippen LogP contribution in [0.4, 0.5) is 0 Å². The average molecular weight is 230 g/mol. The van der Waals surface area contributed by atoms with E-state index in [1.54, 1.807) is 14.0 Å². The molecular formula is C8H14N4O2S. The summed E-state index contributed by atoms with van der Waals surface area (Å²) in [6, 6.07) is -0.304. The molecule has 1 aromatic rings. The second-order valence-corrected chi connectivity index (χ2v) is 4.01. The summed E-state index contributed by atoms with van der Waals surface area (Å²) in [5.41, 5.74) is 5.17. The fraction of sp³-hybridized carbons (Fsp3) is 0.625. The van der Waals surface area contributed by atoms with E-state index in [9.17, 15) is 4.79 Å². The minimum Gasteiger partial charge on any atom is -0.416 e. The van der Waals surface area contributed by atoms with Crippen LogP contribution in [0.25, 0.3) is 0 Å². The topological polar surface area (TPSA) is 94.0 Å². The number of hydrogen-bond acceptors (Lipinski definition) is 6. The summed E-state index contributed by atoms with van der Waals surface area (Å²) in [7, 11) is 1.71. The van der Waals surface area contributed by atoms with Gasteiger partial charge in [0.05, 0.1) is 6.04 Å². The van der Waals surface area contributed by atoms with Gasteiger partial charge in [0.15, 0.2) is 0 Å². The Labute approximate surface area is 92.0 Å². The van der Waals surface area contributed by atoms with Crippen LogP contribution >= 0.6 is 11.8 Å². The molecule has 3 N–H and O–H groups in total. The summed E-state index contributed by atoms with van der Waals surface area (Å²) < 4.78 is 5.16. The molecule has 0 aliphatic rings. The smallest absolute Gasteiger partial charge is 0.276 e. The lowest BCUT2D eigenvalue weighted by Crippen LogP contribution is -2.39. The van der Waals surface area contributed by atoms with Gasteiger partial charge in [-0.25, -0.2) is 0 Å². The first-order chi connectivity index (χ1) is 7.13. The van der Waals surface area contributed by atoms with Crippen molar-refractivity contribution >= 4 is 17.7 Å². The van der Waals surface area contributed by atoms with Crippen molar-refractivity contribution in [3.8, 4) is 0 Å². The maximum absolute atomic E-state index is 10.9. The number of hydrogen-bond donors (Lipinski definition) is 2. The van der Waals surface area contributed by atoms with Crippen molar-refractivity contribution in [2.45, 2.75) is 24.6 Å². The minimum atomic E-state index is -0.347. The van der Waals surface area contributed by atoms with Gasteiger partial charge in [-0.1, -0.05) is 11.8 Å². The van der Waals surface area contributed by atoms with E-state index in [0.29, 0.717) is 23.3 Å². The molecule has 0 aliphatic carbocycles. The summed E-state index contributed by atoms with van der Waals surface area (Å²) in [5.74, 6) is 0.896. The molecular weight excluding hydrogens is 216 g/mol. The predicted octanol–water partition coefficient (Wildman–Crippen LogP) is -0.0665. The van der Waals surface area contributed by atoms with Crippen LogP contribution in [0.5, 0.6) is 0 Å². The van der Waals surface area contributed by atoms with Gasteiger partial charge in [0, 0.05) is 12.7 Å². The van der Waals surface area contributed by atoms with Crippen LogP contribution in [0.3, 0.4) is 0 Å². The third kappa shape index (κ3) is 3.88. The van der Waals surface area contributed by atoms with Crippen LogP contribution in [-0.2, 0) is 4.79 Å². The molecule has 0 saturated heterocycles. The largest absolute Gasteiger partial charge is 0.416 e. The lowest BCUT2D eigenvalue weighted by Gasteiger charge is -2.10. The zero-order valence-electron chi connectivity index (χ0n) is 8.69. The van der Waals surface area contributed by atoms with E-state index in [4.69, 9.17) is 10.2 Å². The zero-order chi connectivity index (χ0) is 11.3. The number of carbonyl (C=O) groups excluding carboxylic acids is 1. The number of nitrogens with zero attached hydrogens (tertiary/aromatic N) is 2. The van der Waals surface area contributed by atoms with Gasteiger partial charge in [-0.05, 0) is 13.5 Å². The van der Waals surface area contributed by atoms with Crippen molar-refractivity contribution < 1.29 is 9.21 Å². The number of thioether (sulfide) groups is 1. The minimum absolute atomic E-state index is 0.304. The van der Waals surface area contributed by atoms with E-state index in [-0.39, 0.29) is 11.9 Å². The average Bonchev–Trinajstić information content (AvgIpc) is 2.58. The van der Waals surface area contributed by atoms with Crippen molar-refractivity contribution in [1.82, 2.24) is 15.5 Å². The Morgan fingerprint density at radius 2 is 2.40 bits per heavy atom. The quantitative estimate of drug-likeness (QED) is 0.664. The van der Waals surface area contributed by atoms with Crippen LogP contribution in [-0.4, -0.2) is 34.9 Å². The lowest BCUT2D eigenvalue weighted by molar-refractivity contribution is -0.119. The van der Waals surface area contributed by atoms with Gasteiger partial charge < -0.3 is 15.5 Å². The van der Waals surface area contributed by atoms with Crippen molar-refractivity contribution in [3.05, 3.63) is 5.89 Å². The highest BCUT2D eigenvalue weighted by Crippen LogP contribution is 2.16. The molecule has 0 saturated carbocycles. The fourth-order valence-corrected chi connectivity index (χ4v) is 1.84. The molecule has 1 heterocycles. The molecule has 1 rings (SSSR count). The first-order valence-corrected chi connectivity index (χ1v) is 5.51. The van der Waals surface area contributed by atoms with Crippen LogP contribution in [0.1, 0.15) is 12.3 Å². The number of nitrogens with one attached hydrogen (secondary N) is 1. The normalized spacial score (nSPS) is 12.7. The van der Waals surface area contributed by atoms with Gasteiger partial charge in [-0.15, -0.1) is 10.2 Å². The summed E-state index contributed by atoms with van der Waals surface area (Å²) in [6.45, 7) is 1.73. The molecule has 0 fully saturated rings. The first-order valence-electron chi connectivity index (χ1n) is 4.53. The van der Waals surface area contributed by atoms with Gasteiger partial charge in [0.1, 0.15) is 0 Å². The Balaban J connectivity index is 2.29. The molecule has 0 spiro atoms. The molecule has 1 amide bonds. The van der Waals surface area contributed by atoms with Crippen LogP contribution in [0.15, 0.2) is 9.64 Å². The number of nitrogens with two attached hydrogens (primary N) is 1. The maximum atomic E-state index is 10.9. The standard InChI is InChI=1S/C8H14N4O2S/c1-5-11-12-8(14-5)15-4-3-6(10-2)7(9)13/h6,10H,3-4H2,1-2H3,(H2,9,13). The van der Waals surface area contributed by atoms with Crippen molar-refractivity contribution in [1.29, 1.82) is 0 Å². The monoisotopic (exact) mass is 230 g/mol. The molecule has 1 unspecified atom stereocenters. The predicted molar refractivity (Wildman–Crippen MR) is 56.4 cm³/mol. The van der Waals surface area contributed by atoms with Gasteiger partial charge in [0.25, 0.3) is 5.22 Å². The number of carbonyl (C=O) groups is 1. The molecule has 0 aliphatic heterocycles. The molecule has 84 valence electrons. The van der Waals surface area contributed by atoms with Crippen molar-refractivity contribution in [2.75, 3.05) is 12.8 Å². The number of aryl methyl sites for hydroxylation is 1.